The van der Waals surface area contributed by atoms with E-state index < -0.39 is 11.5 Å². The Hall–Kier alpha value is -2.11. The fourth-order valence-electron chi connectivity index (χ4n) is 4.69. The molecule has 0 unspecified atom stereocenters. The van der Waals surface area contributed by atoms with Crippen molar-refractivity contribution in [1.82, 2.24) is 9.88 Å². The Labute approximate surface area is 134 Å². The SMILES string of the molecule is NC(=O)c1cc2c([nH]c1=O)CCN(C(=O)C13CCC(CC1)C3)C2. The van der Waals surface area contributed by atoms with Crippen LogP contribution in [0.1, 0.15) is 53.7 Å². The zero-order chi connectivity index (χ0) is 16.2. The molecule has 3 N–H and O–H groups in total. The van der Waals surface area contributed by atoms with Crippen LogP contribution >= 0.6 is 0 Å². The topological polar surface area (TPSA) is 96.3 Å². The number of pyridine rings is 1. The molecule has 2 fully saturated rings. The molecule has 0 saturated heterocycles. The molecule has 0 aromatic carbocycles. The molecule has 23 heavy (non-hydrogen) atoms. The van der Waals surface area contributed by atoms with Crippen LogP contribution in [0.4, 0.5) is 0 Å². The van der Waals surface area contributed by atoms with Crippen molar-refractivity contribution in [2.24, 2.45) is 17.1 Å². The van der Waals surface area contributed by atoms with Crippen LogP contribution in [-0.2, 0) is 17.8 Å². The standard InChI is InChI=1S/C17H21N3O3/c18-14(21)12-7-11-9-20(6-3-13(11)19-15(12)22)16(23)17-4-1-10(8-17)2-5-17/h7,10H,1-6,8-9H2,(H2,18,21)(H,19,22). The summed E-state index contributed by atoms with van der Waals surface area (Å²) in [5, 5.41) is 0. The first-order valence-electron chi connectivity index (χ1n) is 8.33. The van der Waals surface area contributed by atoms with E-state index in [0.29, 0.717) is 19.5 Å². The first-order chi connectivity index (χ1) is 11.0. The van der Waals surface area contributed by atoms with Crippen LogP contribution in [0.2, 0.25) is 0 Å². The third-order valence-electron chi connectivity index (χ3n) is 5.96. The van der Waals surface area contributed by atoms with Crippen molar-refractivity contribution in [3.8, 4) is 0 Å². The third kappa shape index (κ3) is 2.19. The Kier molecular flexibility index (Phi) is 3.11. The number of nitrogens with zero attached hydrogens (tertiary/aromatic N) is 1. The lowest BCUT2D eigenvalue weighted by atomic mass is 9.82. The molecule has 6 nitrogen and oxygen atoms in total. The van der Waals surface area contributed by atoms with Gasteiger partial charge in [0.2, 0.25) is 5.91 Å². The molecule has 2 amide bonds. The monoisotopic (exact) mass is 315 g/mol. The highest BCUT2D eigenvalue weighted by Crippen LogP contribution is 2.55. The molecular formula is C17H21N3O3. The van der Waals surface area contributed by atoms with Crippen LogP contribution in [0.15, 0.2) is 10.9 Å². The van der Waals surface area contributed by atoms with Gasteiger partial charge in [0, 0.05) is 30.6 Å². The number of nitrogens with two attached hydrogens (primary N) is 1. The zero-order valence-electron chi connectivity index (χ0n) is 13.1. The van der Waals surface area contributed by atoms with E-state index in [-0.39, 0.29) is 16.9 Å². The second-order valence-electron chi connectivity index (χ2n) is 7.28. The first kappa shape index (κ1) is 14.5. The van der Waals surface area contributed by atoms with Gasteiger partial charge in [0.15, 0.2) is 0 Å². The number of primary amides is 1. The minimum Gasteiger partial charge on any atom is -0.365 e. The van der Waals surface area contributed by atoms with E-state index in [0.717, 1.165) is 36.4 Å². The minimum absolute atomic E-state index is 0.0296. The molecular weight excluding hydrogens is 294 g/mol. The summed E-state index contributed by atoms with van der Waals surface area (Å²) in [6, 6.07) is 1.56. The second kappa shape index (κ2) is 4.94. The fourth-order valence-corrected chi connectivity index (χ4v) is 4.69. The number of aromatic nitrogens is 1. The molecule has 6 heteroatoms. The number of hydrogen-bond acceptors (Lipinski definition) is 3. The molecule has 2 heterocycles. The normalized spacial score (nSPS) is 28.7. The number of carbonyl (C=O) groups excluding carboxylic acids is 2. The van der Waals surface area contributed by atoms with E-state index in [1.54, 1.807) is 6.07 Å². The molecule has 3 aliphatic rings. The number of fused-ring (bicyclic) bond motifs is 3. The van der Waals surface area contributed by atoms with Gasteiger partial charge in [0.05, 0.1) is 0 Å². The molecule has 0 spiro atoms. The van der Waals surface area contributed by atoms with Crippen molar-refractivity contribution in [1.29, 1.82) is 0 Å². The highest BCUT2D eigenvalue weighted by molar-refractivity contribution is 5.92. The molecule has 2 saturated carbocycles. The summed E-state index contributed by atoms with van der Waals surface area (Å²) < 4.78 is 0. The van der Waals surface area contributed by atoms with Crippen molar-refractivity contribution in [2.45, 2.75) is 45.1 Å². The molecule has 1 aromatic heterocycles. The molecule has 122 valence electrons. The maximum absolute atomic E-state index is 13.0. The van der Waals surface area contributed by atoms with Gasteiger partial charge in [0.25, 0.3) is 11.5 Å². The lowest BCUT2D eigenvalue weighted by Crippen LogP contribution is -2.45. The third-order valence-corrected chi connectivity index (χ3v) is 5.96. The molecule has 1 aromatic rings. The Morgan fingerprint density at radius 1 is 1.30 bits per heavy atom. The van der Waals surface area contributed by atoms with Crippen molar-refractivity contribution in [2.75, 3.05) is 6.54 Å². The Morgan fingerprint density at radius 2 is 2.04 bits per heavy atom. The lowest BCUT2D eigenvalue weighted by molar-refractivity contribution is -0.142. The van der Waals surface area contributed by atoms with Gasteiger partial charge in [-0.3, -0.25) is 14.4 Å². The largest absolute Gasteiger partial charge is 0.365 e. The Bertz CT molecular complexity index is 744. The van der Waals surface area contributed by atoms with Crippen molar-refractivity contribution in [3.05, 3.63) is 33.2 Å². The molecule has 1 aliphatic heterocycles. The summed E-state index contributed by atoms with van der Waals surface area (Å²) in [4.78, 5) is 40.9. The van der Waals surface area contributed by atoms with Gasteiger partial charge >= 0.3 is 0 Å². The Morgan fingerprint density at radius 3 is 2.65 bits per heavy atom. The number of H-pyrrole nitrogens is 1. The van der Waals surface area contributed by atoms with Gasteiger partial charge in [-0.15, -0.1) is 0 Å². The average molecular weight is 315 g/mol. The van der Waals surface area contributed by atoms with Crippen molar-refractivity contribution < 1.29 is 9.59 Å². The zero-order valence-corrected chi connectivity index (χ0v) is 13.1. The van der Waals surface area contributed by atoms with Gasteiger partial charge in [-0.1, -0.05) is 0 Å². The van der Waals surface area contributed by atoms with Crippen LogP contribution in [0, 0.1) is 11.3 Å². The maximum atomic E-state index is 13.0. The summed E-state index contributed by atoms with van der Waals surface area (Å²) in [5.41, 5.74) is 6.29. The molecule has 4 rings (SSSR count). The maximum Gasteiger partial charge on any atom is 0.261 e. The predicted octanol–water partition coefficient (Wildman–Crippen LogP) is 0.939. The highest BCUT2D eigenvalue weighted by atomic mass is 16.2. The summed E-state index contributed by atoms with van der Waals surface area (Å²) >= 11 is 0. The number of hydrogen-bond donors (Lipinski definition) is 2. The van der Waals surface area contributed by atoms with Crippen LogP contribution in [-0.4, -0.2) is 28.2 Å². The highest BCUT2D eigenvalue weighted by Gasteiger charge is 2.51. The van der Waals surface area contributed by atoms with Gasteiger partial charge in [0.1, 0.15) is 5.56 Å². The van der Waals surface area contributed by atoms with E-state index in [2.05, 4.69) is 4.98 Å². The van der Waals surface area contributed by atoms with E-state index in [1.165, 1.54) is 12.8 Å². The summed E-state index contributed by atoms with van der Waals surface area (Å²) in [6.45, 7) is 1.09. The summed E-state index contributed by atoms with van der Waals surface area (Å²) in [6.07, 6.45) is 6.03. The van der Waals surface area contributed by atoms with Crippen molar-refractivity contribution in [3.63, 3.8) is 0 Å². The van der Waals surface area contributed by atoms with Crippen LogP contribution in [0.25, 0.3) is 0 Å². The van der Waals surface area contributed by atoms with E-state index >= 15 is 0 Å². The molecule has 0 atom stereocenters. The number of rotatable bonds is 2. The summed E-state index contributed by atoms with van der Waals surface area (Å²) in [7, 11) is 0. The lowest BCUT2D eigenvalue weighted by Gasteiger charge is -2.36. The van der Waals surface area contributed by atoms with Gasteiger partial charge in [-0.05, 0) is 49.7 Å². The predicted molar refractivity (Wildman–Crippen MR) is 83.7 cm³/mol. The van der Waals surface area contributed by atoms with Crippen molar-refractivity contribution >= 4 is 11.8 Å². The second-order valence-corrected chi connectivity index (χ2v) is 7.28. The average Bonchev–Trinajstić information content (AvgIpc) is 3.15. The fraction of sp³-hybridized carbons (Fsp3) is 0.588. The summed E-state index contributed by atoms with van der Waals surface area (Å²) in [5.74, 6) is 0.259. The van der Waals surface area contributed by atoms with Crippen LogP contribution in [0.3, 0.4) is 0 Å². The number of aromatic amines is 1. The number of nitrogens with one attached hydrogen (secondary N) is 1. The van der Waals surface area contributed by atoms with Crippen LogP contribution < -0.4 is 11.3 Å². The number of carbonyl (C=O) groups is 2. The molecule has 2 aliphatic carbocycles. The van der Waals surface area contributed by atoms with Gasteiger partial charge in [-0.2, -0.15) is 0 Å². The molecule has 2 bridgehead atoms. The van der Waals surface area contributed by atoms with Gasteiger partial charge in [-0.25, -0.2) is 0 Å². The van der Waals surface area contributed by atoms with E-state index in [9.17, 15) is 14.4 Å². The minimum atomic E-state index is -0.731. The number of amides is 2. The van der Waals surface area contributed by atoms with Crippen LogP contribution in [0.5, 0.6) is 0 Å². The quantitative estimate of drug-likeness (QED) is 0.850. The Balaban J connectivity index is 1.61. The van der Waals surface area contributed by atoms with E-state index in [1.807, 2.05) is 4.90 Å². The van der Waals surface area contributed by atoms with E-state index in [4.69, 9.17) is 5.73 Å². The smallest absolute Gasteiger partial charge is 0.261 e. The molecule has 0 radical (unpaired) electrons. The first-order valence-corrected chi connectivity index (χ1v) is 8.33. The van der Waals surface area contributed by atoms with Gasteiger partial charge < -0.3 is 15.6 Å².